The summed E-state index contributed by atoms with van der Waals surface area (Å²) in [5.41, 5.74) is 1.12. The zero-order chi connectivity index (χ0) is 18.4. The third-order valence-corrected chi connectivity index (χ3v) is 4.64. The Labute approximate surface area is 146 Å². The molecular weight excluding hydrogens is 330 g/mol. The first-order valence-electron chi connectivity index (χ1n) is 8.65. The van der Waals surface area contributed by atoms with Crippen LogP contribution in [0.5, 0.6) is 0 Å². The topological polar surface area (TPSA) is 72.8 Å². The van der Waals surface area contributed by atoms with Gasteiger partial charge in [-0.1, -0.05) is 37.3 Å². The van der Waals surface area contributed by atoms with E-state index in [4.69, 9.17) is 0 Å². The number of hydrogen-bond acceptors (Lipinski definition) is 4. The maximum absolute atomic E-state index is 13.4. The molecule has 5 nitrogen and oxygen atoms in total. The molecule has 0 bridgehead atoms. The van der Waals surface area contributed by atoms with Crippen LogP contribution in [0.25, 0.3) is 0 Å². The van der Waals surface area contributed by atoms with Crippen molar-refractivity contribution < 1.29 is 23.8 Å². The molecule has 0 aromatic heterocycles. The first-order valence-corrected chi connectivity index (χ1v) is 8.65. The summed E-state index contributed by atoms with van der Waals surface area (Å²) in [6, 6.07) is 7.53. The second-order valence-corrected chi connectivity index (χ2v) is 6.42. The molecule has 25 heavy (non-hydrogen) atoms. The molecule has 1 heterocycles. The summed E-state index contributed by atoms with van der Waals surface area (Å²) >= 11 is 0. The van der Waals surface area contributed by atoms with Crippen LogP contribution in [-0.2, 0) is 11.2 Å². The highest BCUT2D eigenvalue weighted by molar-refractivity contribution is 5.76. The minimum absolute atomic E-state index is 0.0910. The molecule has 1 amide bonds. The Morgan fingerprint density at radius 2 is 1.96 bits per heavy atom. The lowest BCUT2D eigenvalue weighted by Crippen LogP contribution is -2.67. The fraction of sp³-hybridized carbons (Fsp3) is 0.611. The van der Waals surface area contributed by atoms with E-state index < -0.39 is 30.7 Å². The van der Waals surface area contributed by atoms with Gasteiger partial charge in [0.1, 0.15) is 12.2 Å². The van der Waals surface area contributed by atoms with Gasteiger partial charge in [0.25, 0.3) is 6.43 Å². The van der Waals surface area contributed by atoms with Gasteiger partial charge in [0.2, 0.25) is 5.91 Å². The van der Waals surface area contributed by atoms with Crippen molar-refractivity contribution in [2.45, 2.75) is 56.9 Å². The number of hydrogen-bond donors (Lipinski definition) is 3. The average molecular weight is 356 g/mol. The summed E-state index contributed by atoms with van der Waals surface area (Å²) in [5, 5.41) is 22.8. The molecule has 140 valence electrons. The second-order valence-electron chi connectivity index (χ2n) is 6.42. The Morgan fingerprint density at radius 3 is 2.56 bits per heavy atom. The number of aliphatic hydroxyl groups excluding tert-OH is 2. The molecule has 1 aromatic rings. The molecular formula is C18H26F2N2O3. The van der Waals surface area contributed by atoms with E-state index >= 15 is 0 Å². The molecule has 0 spiro atoms. The number of piperidine rings is 1. The van der Waals surface area contributed by atoms with Gasteiger partial charge in [0.15, 0.2) is 0 Å². The maximum atomic E-state index is 13.4. The Bertz CT molecular complexity index is 544. The molecule has 0 radical (unpaired) electrons. The van der Waals surface area contributed by atoms with Crippen molar-refractivity contribution in [1.82, 2.24) is 10.2 Å². The van der Waals surface area contributed by atoms with E-state index in [2.05, 4.69) is 5.32 Å². The molecule has 1 aliphatic heterocycles. The van der Waals surface area contributed by atoms with Gasteiger partial charge in [-0.2, -0.15) is 0 Å². The predicted molar refractivity (Wildman–Crippen MR) is 90.4 cm³/mol. The molecule has 4 unspecified atom stereocenters. The van der Waals surface area contributed by atoms with Gasteiger partial charge in [0.05, 0.1) is 12.1 Å². The van der Waals surface area contributed by atoms with Crippen molar-refractivity contribution in [3.8, 4) is 0 Å². The highest BCUT2D eigenvalue weighted by Crippen LogP contribution is 2.24. The Morgan fingerprint density at radius 1 is 1.28 bits per heavy atom. The second kappa shape index (κ2) is 9.22. The number of aliphatic hydroxyl groups is 2. The largest absolute Gasteiger partial charge is 0.388 e. The van der Waals surface area contributed by atoms with Crippen LogP contribution in [0, 0.1) is 0 Å². The molecule has 3 N–H and O–H groups in total. The Balaban J connectivity index is 2.01. The van der Waals surface area contributed by atoms with Crippen LogP contribution >= 0.6 is 0 Å². The number of aryl methyl sites for hydroxylation is 1. The number of benzene rings is 1. The Hall–Kier alpha value is -1.57. The molecule has 2 rings (SSSR count). The first-order chi connectivity index (χ1) is 11.9. The SMILES string of the molecule is CCC(=O)NC1CN(CCCc2ccccc2)C(C(F)F)C(O)C1O. The van der Waals surface area contributed by atoms with Crippen molar-refractivity contribution in [2.75, 3.05) is 13.1 Å². The quantitative estimate of drug-likeness (QED) is 0.686. The van der Waals surface area contributed by atoms with E-state index in [0.717, 1.165) is 12.0 Å². The van der Waals surface area contributed by atoms with E-state index in [0.29, 0.717) is 13.0 Å². The summed E-state index contributed by atoms with van der Waals surface area (Å²) in [6.07, 6.45) is -4.18. The number of rotatable bonds is 7. The minimum Gasteiger partial charge on any atom is -0.388 e. The van der Waals surface area contributed by atoms with Crippen molar-refractivity contribution in [3.63, 3.8) is 0 Å². The number of nitrogens with zero attached hydrogens (tertiary/aromatic N) is 1. The fourth-order valence-electron chi connectivity index (χ4n) is 3.26. The lowest BCUT2D eigenvalue weighted by molar-refractivity contribution is -0.141. The van der Waals surface area contributed by atoms with Gasteiger partial charge in [-0.05, 0) is 24.9 Å². The number of amides is 1. The van der Waals surface area contributed by atoms with Gasteiger partial charge in [-0.15, -0.1) is 0 Å². The standard InChI is InChI=1S/C18H26F2N2O3/c1-2-14(23)21-13-11-22(15(18(19)20)17(25)16(13)24)10-6-9-12-7-4-3-5-8-12/h3-5,7-8,13,15-18,24-25H,2,6,9-11H2,1H3,(H,21,23). The summed E-state index contributed by atoms with van der Waals surface area (Å²) in [6.45, 7) is 2.11. The lowest BCUT2D eigenvalue weighted by atomic mass is 9.91. The molecule has 7 heteroatoms. The summed E-state index contributed by atoms with van der Waals surface area (Å²) < 4.78 is 26.8. The van der Waals surface area contributed by atoms with Gasteiger partial charge >= 0.3 is 0 Å². The van der Waals surface area contributed by atoms with Gasteiger partial charge in [0, 0.05) is 13.0 Å². The van der Waals surface area contributed by atoms with Gasteiger partial charge in [-0.25, -0.2) is 8.78 Å². The monoisotopic (exact) mass is 356 g/mol. The first kappa shape index (κ1) is 19.8. The zero-order valence-electron chi connectivity index (χ0n) is 14.3. The van der Waals surface area contributed by atoms with Crippen molar-refractivity contribution in [3.05, 3.63) is 35.9 Å². The molecule has 1 aliphatic rings. The van der Waals surface area contributed by atoms with E-state index in [-0.39, 0.29) is 18.9 Å². The lowest BCUT2D eigenvalue weighted by Gasteiger charge is -2.45. The fourth-order valence-corrected chi connectivity index (χ4v) is 3.26. The van der Waals surface area contributed by atoms with Crippen LogP contribution in [0.15, 0.2) is 30.3 Å². The minimum atomic E-state index is -2.77. The van der Waals surface area contributed by atoms with Crippen LogP contribution in [0.1, 0.15) is 25.3 Å². The van der Waals surface area contributed by atoms with Crippen LogP contribution in [0.3, 0.4) is 0 Å². The van der Waals surface area contributed by atoms with Crippen molar-refractivity contribution in [2.24, 2.45) is 0 Å². The van der Waals surface area contributed by atoms with Crippen LogP contribution in [-0.4, -0.2) is 64.8 Å². The molecule has 1 aromatic carbocycles. The number of halogens is 2. The van der Waals surface area contributed by atoms with Gasteiger partial charge in [-0.3, -0.25) is 9.69 Å². The zero-order valence-corrected chi connectivity index (χ0v) is 14.3. The molecule has 0 aliphatic carbocycles. The summed E-state index contributed by atoms with van der Waals surface area (Å²) in [4.78, 5) is 13.1. The van der Waals surface area contributed by atoms with E-state index in [1.807, 2.05) is 30.3 Å². The van der Waals surface area contributed by atoms with Crippen molar-refractivity contribution >= 4 is 5.91 Å². The average Bonchev–Trinajstić information content (AvgIpc) is 2.59. The van der Waals surface area contributed by atoms with Crippen molar-refractivity contribution in [1.29, 1.82) is 0 Å². The molecule has 1 fully saturated rings. The van der Waals surface area contributed by atoms with Crippen LogP contribution in [0.2, 0.25) is 0 Å². The smallest absolute Gasteiger partial charge is 0.256 e. The predicted octanol–water partition coefficient (Wildman–Crippen LogP) is 1.19. The van der Waals surface area contributed by atoms with Gasteiger partial charge < -0.3 is 15.5 Å². The van der Waals surface area contributed by atoms with E-state index in [9.17, 15) is 23.8 Å². The summed E-state index contributed by atoms with van der Waals surface area (Å²) in [5.74, 6) is -0.281. The van der Waals surface area contributed by atoms with Crippen LogP contribution in [0.4, 0.5) is 8.78 Å². The third kappa shape index (κ3) is 5.20. The number of nitrogens with one attached hydrogen (secondary N) is 1. The highest BCUT2D eigenvalue weighted by Gasteiger charge is 2.46. The third-order valence-electron chi connectivity index (χ3n) is 4.64. The number of carbonyl (C=O) groups is 1. The van der Waals surface area contributed by atoms with E-state index in [1.54, 1.807) is 6.92 Å². The summed E-state index contributed by atoms with van der Waals surface area (Å²) in [7, 11) is 0. The maximum Gasteiger partial charge on any atom is 0.256 e. The molecule has 4 atom stereocenters. The number of carbonyl (C=O) groups excluding carboxylic acids is 1. The highest BCUT2D eigenvalue weighted by atomic mass is 19.3. The normalized spacial score (nSPS) is 27.4. The van der Waals surface area contributed by atoms with E-state index in [1.165, 1.54) is 4.90 Å². The number of likely N-dealkylation sites (tertiary alicyclic amines) is 1. The Kier molecular flexibility index (Phi) is 7.28. The molecule has 0 saturated carbocycles. The molecule has 1 saturated heterocycles. The number of alkyl halides is 2. The van der Waals surface area contributed by atoms with Crippen LogP contribution < -0.4 is 5.32 Å².